The van der Waals surface area contributed by atoms with Crippen molar-refractivity contribution in [3.63, 3.8) is 0 Å². The lowest BCUT2D eigenvalue weighted by Crippen LogP contribution is -2.46. The van der Waals surface area contributed by atoms with Gasteiger partial charge in [-0.3, -0.25) is 14.5 Å². The third kappa shape index (κ3) is 4.61. The normalized spacial score (nSPS) is 16.7. The van der Waals surface area contributed by atoms with Crippen LogP contribution in [0.3, 0.4) is 0 Å². The standard InChI is InChI=1S/C17H23N5O3/c1-13(12-21-8-10-25-11-9-21)18-16(23)6-7-22-17(24)14-4-2-3-5-15(14)19-20-22/h2-5,13H,6-12H2,1H3,(H,18,23). The van der Waals surface area contributed by atoms with E-state index in [0.29, 0.717) is 10.9 Å². The average molecular weight is 345 g/mol. The molecule has 1 aliphatic heterocycles. The van der Waals surface area contributed by atoms with Gasteiger partial charge in [-0.2, -0.15) is 0 Å². The summed E-state index contributed by atoms with van der Waals surface area (Å²) in [5, 5.41) is 11.4. The van der Waals surface area contributed by atoms with E-state index in [0.717, 1.165) is 32.8 Å². The van der Waals surface area contributed by atoms with Gasteiger partial charge in [-0.15, -0.1) is 5.10 Å². The molecular weight excluding hydrogens is 322 g/mol. The number of fused-ring (bicyclic) bond motifs is 1. The SMILES string of the molecule is CC(CN1CCOCC1)NC(=O)CCn1nnc2ccccc2c1=O. The summed E-state index contributed by atoms with van der Waals surface area (Å²) in [4.78, 5) is 26.7. The molecule has 0 bridgehead atoms. The van der Waals surface area contributed by atoms with Crippen molar-refractivity contribution >= 4 is 16.8 Å². The third-order valence-electron chi connectivity index (χ3n) is 4.22. The maximum absolute atomic E-state index is 12.3. The summed E-state index contributed by atoms with van der Waals surface area (Å²) >= 11 is 0. The number of carbonyl (C=O) groups excluding carboxylic acids is 1. The molecule has 8 nitrogen and oxygen atoms in total. The number of aryl methyl sites for hydroxylation is 1. The van der Waals surface area contributed by atoms with Crippen LogP contribution in [0.2, 0.25) is 0 Å². The van der Waals surface area contributed by atoms with Crippen LogP contribution in [0, 0.1) is 0 Å². The Balaban J connectivity index is 1.52. The molecule has 1 atom stereocenters. The highest BCUT2D eigenvalue weighted by Gasteiger charge is 2.15. The second-order valence-corrected chi connectivity index (χ2v) is 6.27. The van der Waals surface area contributed by atoms with Gasteiger partial charge in [-0.25, -0.2) is 4.68 Å². The molecule has 1 aromatic heterocycles. The lowest BCUT2D eigenvalue weighted by Gasteiger charge is -2.29. The first-order valence-electron chi connectivity index (χ1n) is 8.55. The molecule has 0 saturated carbocycles. The first-order valence-corrected chi connectivity index (χ1v) is 8.55. The van der Waals surface area contributed by atoms with Gasteiger partial charge in [0, 0.05) is 32.1 Å². The van der Waals surface area contributed by atoms with E-state index in [4.69, 9.17) is 4.74 Å². The van der Waals surface area contributed by atoms with Crippen molar-refractivity contribution in [2.24, 2.45) is 0 Å². The van der Waals surface area contributed by atoms with Crippen molar-refractivity contribution in [3.8, 4) is 0 Å². The molecule has 1 aromatic carbocycles. The zero-order valence-electron chi connectivity index (χ0n) is 14.4. The van der Waals surface area contributed by atoms with Crippen molar-refractivity contribution in [1.82, 2.24) is 25.2 Å². The second kappa shape index (κ2) is 8.17. The number of nitrogens with one attached hydrogen (secondary N) is 1. The number of amides is 1. The van der Waals surface area contributed by atoms with Gasteiger partial charge in [0.25, 0.3) is 5.56 Å². The Hall–Kier alpha value is -2.32. The summed E-state index contributed by atoms with van der Waals surface area (Å²) in [5.74, 6) is -0.0948. The fourth-order valence-corrected chi connectivity index (χ4v) is 2.94. The summed E-state index contributed by atoms with van der Waals surface area (Å²) in [6.07, 6.45) is 0.195. The number of rotatable bonds is 6. The van der Waals surface area contributed by atoms with Crippen LogP contribution in [-0.4, -0.2) is 64.7 Å². The van der Waals surface area contributed by atoms with Crippen molar-refractivity contribution in [2.45, 2.75) is 25.9 Å². The topological polar surface area (TPSA) is 89.3 Å². The number of carbonyl (C=O) groups is 1. The number of nitrogens with zero attached hydrogens (tertiary/aromatic N) is 4. The molecule has 8 heteroatoms. The molecule has 3 rings (SSSR count). The molecule has 0 spiro atoms. The van der Waals surface area contributed by atoms with Gasteiger partial charge in [0.05, 0.1) is 25.1 Å². The van der Waals surface area contributed by atoms with Gasteiger partial charge in [-0.05, 0) is 19.1 Å². The molecule has 1 fully saturated rings. The molecular formula is C17H23N5O3. The second-order valence-electron chi connectivity index (χ2n) is 6.27. The minimum Gasteiger partial charge on any atom is -0.379 e. The molecule has 1 saturated heterocycles. The first-order chi connectivity index (χ1) is 12.1. The van der Waals surface area contributed by atoms with Crippen LogP contribution in [0.1, 0.15) is 13.3 Å². The molecule has 0 radical (unpaired) electrons. The maximum Gasteiger partial charge on any atom is 0.277 e. The number of morpholine rings is 1. The highest BCUT2D eigenvalue weighted by molar-refractivity contribution is 5.77. The number of benzene rings is 1. The van der Waals surface area contributed by atoms with Crippen molar-refractivity contribution in [3.05, 3.63) is 34.6 Å². The fraction of sp³-hybridized carbons (Fsp3) is 0.529. The molecule has 1 N–H and O–H groups in total. The van der Waals surface area contributed by atoms with Crippen LogP contribution >= 0.6 is 0 Å². The molecule has 0 aliphatic carbocycles. The molecule has 2 aromatic rings. The van der Waals surface area contributed by atoms with Gasteiger partial charge >= 0.3 is 0 Å². The molecule has 134 valence electrons. The maximum atomic E-state index is 12.3. The number of hydrogen-bond acceptors (Lipinski definition) is 6. The molecule has 1 aliphatic rings. The van der Waals surface area contributed by atoms with E-state index in [1.807, 2.05) is 13.0 Å². The predicted molar refractivity (Wildman–Crippen MR) is 93.3 cm³/mol. The van der Waals surface area contributed by atoms with Gasteiger partial charge < -0.3 is 10.1 Å². The van der Waals surface area contributed by atoms with Crippen LogP contribution in [0.4, 0.5) is 0 Å². The zero-order valence-corrected chi connectivity index (χ0v) is 14.4. The third-order valence-corrected chi connectivity index (χ3v) is 4.22. The molecule has 2 heterocycles. The van der Waals surface area contributed by atoms with Gasteiger partial charge in [0.15, 0.2) is 0 Å². The smallest absolute Gasteiger partial charge is 0.277 e. The van der Waals surface area contributed by atoms with Crippen molar-refractivity contribution < 1.29 is 9.53 Å². The number of hydrogen-bond donors (Lipinski definition) is 1. The van der Waals surface area contributed by atoms with Crippen LogP contribution in [-0.2, 0) is 16.1 Å². The Morgan fingerprint density at radius 1 is 1.32 bits per heavy atom. The number of ether oxygens (including phenoxy) is 1. The highest BCUT2D eigenvalue weighted by Crippen LogP contribution is 2.03. The van der Waals surface area contributed by atoms with E-state index in [2.05, 4.69) is 20.5 Å². The molecule has 25 heavy (non-hydrogen) atoms. The minimum absolute atomic E-state index is 0.0463. The monoisotopic (exact) mass is 345 g/mol. The largest absolute Gasteiger partial charge is 0.379 e. The molecule has 1 amide bonds. The summed E-state index contributed by atoms with van der Waals surface area (Å²) in [5.41, 5.74) is 0.340. The van der Waals surface area contributed by atoms with Crippen LogP contribution in [0.5, 0.6) is 0 Å². The highest BCUT2D eigenvalue weighted by atomic mass is 16.5. The van der Waals surface area contributed by atoms with Crippen molar-refractivity contribution in [2.75, 3.05) is 32.8 Å². The van der Waals surface area contributed by atoms with E-state index in [1.165, 1.54) is 4.68 Å². The van der Waals surface area contributed by atoms with E-state index in [-0.39, 0.29) is 30.5 Å². The average Bonchev–Trinajstić information content (AvgIpc) is 2.62. The minimum atomic E-state index is -0.222. The summed E-state index contributed by atoms with van der Waals surface area (Å²) in [7, 11) is 0. The van der Waals surface area contributed by atoms with Crippen LogP contribution < -0.4 is 10.9 Å². The lowest BCUT2D eigenvalue weighted by molar-refractivity contribution is -0.122. The quantitative estimate of drug-likeness (QED) is 0.794. The van der Waals surface area contributed by atoms with E-state index < -0.39 is 0 Å². The Morgan fingerprint density at radius 3 is 2.88 bits per heavy atom. The van der Waals surface area contributed by atoms with E-state index in [9.17, 15) is 9.59 Å². The summed E-state index contributed by atoms with van der Waals surface area (Å²) < 4.78 is 6.56. The van der Waals surface area contributed by atoms with E-state index >= 15 is 0 Å². The molecule has 1 unspecified atom stereocenters. The Morgan fingerprint density at radius 2 is 2.08 bits per heavy atom. The van der Waals surface area contributed by atoms with Crippen LogP contribution in [0.25, 0.3) is 10.9 Å². The Kier molecular flexibility index (Phi) is 5.72. The van der Waals surface area contributed by atoms with Gasteiger partial charge in [0.2, 0.25) is 5.91 Å². The van der Waals surface area contributed by atoms with Crippen molar-refractivity contribution in [1.29, 1.82) is 0 Å². The van der Waals surface area contributed by atoms with Crippen LogP contribution in [0.15, 0.2) is 29.1 Å². The predicted octanol–water partition coefficient (Wildman–Crippen LogP) is 0.0185. The lowest BCUT2D eigenvalue weighted by atomic mass is 10.2. The van der Waals surface area contributed by atoms with Gasteiger partial charge in [-0.1, -0.05) is 17.3 Å². The first kappa shape index (κ1) is 17.5. The summed E-state index contributed by atoms with van der Waals surface area (Å²) in [6, 6.07) is 7.10. The Bertz CT molecular complexity index is 785. The summed E-state index contributed by atoms with van der Waals surface area (Å²) in [6.45, 7) is 6.26. The van der Waals surface area contributed by atoms with E-state index in [1.54, 1.807) is 18.2 Å². The Labute approximate surface area is 145 Å². The fourth-order valence-electron chi connectivity index (χ4n) is 2.94. The zero-order chi connectivity index (χ0) is 17.6. The number of aromatic nitrogens is 3. The van der Waals surface area contributed by atoms with Gasteiger partial charge in [0.1, 0.15) is 5.52 Å².